The van der Waals surface area contributed by atoms with E-state index in [0.717, 1.165) is 24.3 Å². The van der Waals surface area contributed by atoms with E-state index in [0.29, 0.717) is 11.5 Å². The largest absolute Gasteiger partial charge is 0.389 e. The third-order valence-electron chi connectivity index (χ3n) is 4.08. The summed E-state index contributed by atoms with van der Waals surface area (Å²) in [4.78, 5) is 2.20. The van der Waals surface area contributed by atoms with Crippen LogP contribution >= 0.6 is 0 Å². The molecular formula is C18H20FNO. The van der Waals surface area contributed by atoms with E-state index in [1.165, 1.54) is 17.7 Å². The van der Waals surface area contributed by atoms with Crippen LogP contribution in [-0.2, 0) is 6.42 Å². The number of aliphatic hydroxyl groups excluding tert-OH is 1. The highest BCUT2D eigenvalue weighted by molar-refractivity contribution is 5.70. The molecule has 1 heterocycles. The summed E-state index contributed by atoms with van der Waals surface area (Å²) in [5.74, 6) is 0.208. The van der Waals surface area contributed by atoms with E-state index >= 15 is 0 Å². The summed E-state index contributed by atoms with van der Waals surface area (Å²) in [5, 5.41) is 9.98. The molecular weight excluding hydrogens is 265 g/mol. The summed E-state index contributed by atoms with van der Waals surface area (Å²) in [6.07, 6.45) is 0.359. The van der Waals surface area contributed by atoms with E-state index in [9.17, 15) is 9.50 Å². The number of anilines is 2. The molecule has 110 valence electrons. The molecule has 0 saturated heterocycles. The van der Waals surface area contributed by atoms with Crippen LogP contribution in [0.2, 0.25) is 0 Å². The van der Waals surface area contributed by atoms with E-state index in [4.69, 9.17) is 0 Å². The Morgan fingerprint density at radius 2 is 1.95 bits per heavy atom. The number of nitrogens with zero attached hydrogens (tertiary/aromatic N) is 1. The topological polar surface area (TPSA) is 23.5 Å². The molecule has 0 spiro atoms. The van der Waals surface area contributed by atoms with Gasteiger partial charge in [-0.2, -0.15) is 0 Å². The fraction of sp³-hybridized carbons (Fsp3) is 0.333. The van der Waals surface area contributed by atoms with Crippen molar-refractivity contribution in [3.8, 4) is 0 Å². The van der Waals surface area contributed by atoms with Crippen LogP contribution in [0, 0.1) is 11.7 Å². The van der Waals surface area contributed by atoms with Crippen molar-refractivity contribution >= 4 is 11.4 Å². The number of aliphatic hydroxyl groups is 1. The minimum Gasteiger partial charge on any atom is -0.389 e. The van der Waals surface area contributed by atoms with E-state index in [1.807, 2.05) is 6.07 Å². The van der Waals surface area contributed by atoms with Crippen molar-refractivity contribution < 1.29 is 9.50 Å². The first-order chi connectivity index (χ1) is 10.1. The Bertz CT molecular complexity index is 653. The van der Waals surface area contributed by atoms with Crippen LogP contribution in [0.1, 0.15) is 31.1 Å². The number of hydrogen-bond acceptors (Lipinski definition) is 2. The summed E-state index contributed by atoms with van der Waals surface area (Å²) in [7, 11) is 0. The Balaban J connectivity index is 2.13. The highest BCUT2D eigenvalue weighted by Crippen LogP contribution is 2.38. The van der Waals surface area contributed by atoms with Gasteiger partial charge in [0, 0.05) is 23.5 Å². The maximum Gasteiger partial charge on any atom is 0.123 e. The third kappa shape index (κ3) is 2.66. The van der Waals surface area contributed by atoms with Crippen LogP contribution < -0.4 is 4.90 Å². The monoisotopic (exact) mass is 285 g/mol. The predicted molar refractivity (Wildman–Crippen MR) is 83.3 cm³/mol. The maximum atomic E-state index is 13.5. The van der Waals surface area contributed by atoms with E-state index in [1.54, 1.807) is 13.0 Å². The smallest absolute Gasteiger partial charge is 0.123 e. The van der Waals surface area contributed by atoms with Gasteiger partial charge in [-0.25, -0.2) is 4.39 Å². The summed E-state index contributed by atoms with van der Waals surface area (Å²) < 4.78 is 13.5. The van der Waals surface area contributed by atoms with Crippen LogP contribution in [0.3, 0.4) is 0 Å². The van der Waals surface area contributed by atoms with Crippen molar-refractivity contribution in [2.24, 2.45) is 5.92 Å². The Labute approximate surface area is 124 Å². The molecule has 2 atom stereocenters. The Morgan fingerprint density at radius 3 is 2.71 bits per heavy atom. The minimum atomic E-state index is -0.694. The first-order valence-corrected chi connectivity index (χ1v) is 7.39. The molecule has 1 aliphatic heterocycles. The van der Waals surface area contributed by atoms with Crippen LogP contribution in [0.25, 0.3) is 0 Å². The molecule has 1 N–H and O–H groups in total. The standard InChI is InChI=1S/C18H20FNO/c1-12-9-14-5-3-4-6-17(14)20(11-12)18-8-7-15(19)10-16(18)13(2)21/h3-8,10,12-13,21H,9,11H2,1-2H3/t12?,13-/m1/s1. The fourth-order valence-corrected chi connectivity index (χ4v) is 3.13. The molecule has 2 aromatic carbocycles. The van der Waals surface area contributed by atoms with Crippen molar-refractivity contribution in [2.45, 2.75) is 26.4 Å². The zero-order valence-electron chi connectivity index (χ0n) is 12.4. The van der Waals surface area contributed by atoms with Gasteiger partial charge in [-0.15, -0.1) is 0 Å². The molecule has 0 saturated carbocycles. The molecule has 0 aliphatic carbocycles. The summed E-state index contributed by atoms with van der Waals surface area (Å²) >= 11 is 0. The second-order valence-electron chi connectivity index (χ2n) is 5.93. The average molecular weight is 285 g/mol. The molecule has 1 aliphatic rings. The molecule has 3 rings (SSSR count). The SMILES string of the molecule is CC1Cc2ccccc2N(c2ccc(F)cc2[C@@H](C)O)C1. The van der Waals surface area contributed by atoms with Gasteiger partial charge in [0.25, 0.3) is 0 Å². The van der Waals surface area contributed by atoms with Crippen LogP contribution in [0.5, 0.6) is 0 Å². The summed E-state index contributed by atoms with van der Waals surface area (Å²) in [6.45, 7) is 4.77. The molecule has 21 heavy (non-hydrogen) atoms. The molecule has 2 nitrogen and oxygen atoms in total. The molecule has 2 aromatic rings. The predicted octanol–water partition coefficient (Wildman–Crippen LogP) is 4.21. The number of para-hydroxylation sites is 1. The van der Waals surface area contributed by atoms with Crippen molar-refractivity contribution in [3.63, 3.8) is 0 Å². The first-order valence-electron chi connectivity index (χ1n) is 7.39. The van der Waals surface area contributed by atoms with Crippen molar-refractivity contribution in [3.05, 3.63) is 59.4 Å². The van der Waals surface area contributed by atoms with Crippen LogP contribution in [-0.4, -0.2) is 11.7 Å². The third-order valence-corrected chi connectivity index (χ3v) is 4.08. The first kappa shape index (κ1) is 14.1. The van der Waals surface area contributed by atoms with Crippen LogP contribution in [0.4, 0.5) is 15.8 Å². The number of halogens is 1. The minimum absolute atomic E-state index is 0.312. The molecule has 0 radical (unpaired) electrons. The summed E-state index contributed by atoms with van der Waals surface area (Å²) in [5.41, 5.74) is 3.99. The number of hydrogen-bond donors (Lipinski definition) is 1. The van der Waals surface area contributed by atoms with Crippen molar-refractivity contribution in [1.82, 2.24) is 0 Å². The Hall–Kier alpha value is -1.87. The van der Waals surface area contributed by atoms with Gasteiger partial charge in [0.2, 0.25) is 0 Å². The van der Waals surface area contributed by atoms with E-state index in [2.05, 4.69) is 30.0 Å². The molecule has 0 aromatic heterocycles. The second kappa shape index (κ2) is 5.49. The van der Waals surface area contributed by atoms with E-state index < -0.39 is 6.10 Å². The van der Waals surface area contributed by atoms with Gasteiger partial charge >= 0.3 is 0 Å². The molecule has 0 amide bonds. The van der Waals surface area contributed by atoms with Gasteiger partial charge in [0.1, 0.15) is 5.82 Å². The highest BCUT2D eigenvalue weighted by atomic mass is 19.1. The van der Waals surface area contributed by atoms with Crippen molar-refractivity contribution in [1.29, 1.82) is 0 Å². The van der Waals surface area contributed by atoms with Gasteiger partial charge in [0.05, 0.1) is 6.10 Å². The quantitative estimate of drug-likeness (QED) is 0.893. The zero-order chi connectivity index (χ0) is 15.0. The van der Waals surface area contributed by atoms with E-state index in [-0.39, 0.29) is 5.82 Å². The highest BCUT2D eigenvalue weighted by Gasteiger charge is 2.25. The van der Waals surface area contributed by atoms with Gasteiger partial charge in [-0.3, -0.25) is 0 Å². The maximum absolute atomic E-state index is 13.5. The Morgan fingerprint density at radius 1 is 1.19 bits per heavy atom. The lowest BCUT2D eigenvalue weighted by atomic mass is 9.92. The molecule has 0 bridgehead atoms. The fourth-order valence-electron chi connectivity index (χ4n) is 3.13. The van der Waals surface area contributed by atoms with Gasteiger partial charge in [-0.05, 0) is 49.1 Å². The number of rotatable bonds is 2. The van der Waals surface area contributed by atoms with Gasteiger partial charge < -0.3 is 10.0 Å². The lowest BCUT2D eigenvalue weighted by Crippen LogP contribution is -2.31. The average Bonchev–Trinajstić information content (AvgIpc) is 2.46. The zero-order valence-corrected chi connectivity index (χ0v) is 12.4. The van der Waals surface area contributed by atoms with Gasteiger partial charge in [0.15, 0.2) is 0 Å². The van der Waals surface area contributed by atoms with Crippen LogP contribution in [0.15, 0.2) is 42.5 Å². The normalized spacial score (nSPS) is 19.2. The molecule has 3 heteroatoms. The van der Waals surface area contributed by atoms with Gasteiger partial charge in [-0.1, -0.05) is 25.1 Å². The van der Waals surface area contributed by atoms with Crippen molar-refractivity contribution in [2.75, 3.05) is 11.4 Å². The molecule has 0 fully saturated rings. The Kier molecular flexibility index (Phi) is 3.68. The summed E-state index contributed by atoms with van der Waals surface area (Å²) in [6, 6.07) is 13.0. The molecule has 1 unspecified atom stereocenters. The lowest BCUT2D eigenvalue weighted by Gasteiger charge is -2.36. The second-order valence-corrected chi connectivity index (χ2v) is 5.93. The lowest BCUT2D eigenvalue weighted by molar-refractivity contribution is 0.199. The number of benzene rings is 2. The number of fused-ring (bicyclic) bond motifs is 1.